The third-order valence-corrected chi connectivity index (χ3v) is 3.08. The van der Waals surface area contributed by atoms with Crippen LogP contribution in [-0.2, 0) is 21.3 Å². The number of rotatable bonds is 5. The molecule has 0 unspecified atom stereocenters. The van der Waals surface area contributed by atoms with Crippen molar-refractivity contribution < 1.29 is 31.1 Å². The van der Waals surface area contributed by atoms with Crippen LogP contribution in [0.15, 0.2) is 17.2 Å². The average molecular weight is 314 g/mol. The Kier molecular flexibility index (Phi) is 4.81. The Morgan fingerprint density at radius 2 is 2.05 bits per heavy atom. The molecule has 1 aromatic rings. The standard InChI is InChI=1S/C10H13F3N2O4S/c1-2-3-19-9(16)8-4-7(20(14,17)18)5-15(8)6-10(11,12)13/h4-5H,2-3,6H2,1H3,(H2,14,17,18). The van der Waals surface area contributed by atoms with Crippen molar-refractivity contribution in [1.29, 1.82) is 0 Å². The molecular formula is C10H13F3N2O4S. The van der Waals surface area contributed by atoms with Crippen LogP contribution in [0.25, 0.3) is 0 Å². The van der Waals surface area contributed by atoms with Crippen molar-refractivity contribution in [2.24, 2.45) is 5.14 Å². The summed E-state index contributed by atoms with van der Waals surface area (Å²) in [5, 5.41) is 4.83. The minimum absolute atomic E-state index is 0.0146. The van der Waals surface area contributed by atoms with E-state index in [1.807, 2.05) is 0 Å². The average Bonchev–Trinajstić information content (AvgIpc) is 2.67. The van der Waals surface area contributed by atoms with Crippen LogP contribution in [0.5, 0.6) is 0 Å². The largest absolute Gasteiger partial charge is 0.461 e. The molecule has 2 N–H and O–H groups in total. The molecule has 0 aromatic carbocycles. The van der Waals surface area contributed by atoms with E-state index in [0.29, 0.717) is 17.2 Å². The predicted molar refractivity (Wildman–Crippen MR) is 62.4 cm³/mol. The van der Waals surface area contributed by atoms with Crippen molar-refractivity contribution in [3.05, 3.63) is 18.0 Å². The van der Waals surface area contributed by atoms with Crippen molar-refractivity contribution in [3.8, 4) is 0 Å². The van der Waals surface area contributed by atoms with Crippen LogP contribution < -0.4 is 5.14 Å². The second-order valence-electron chi connectivity index (χ2n) is 3.99. The first-order chi connectivity index (χ1) is 9.04. The van der Waals surface area contributed by atoms with Gasteiger partial charge in [-0.05, 0) is 12.5 Å². The topological polar surface area (TPSA) is 91.4 Å². The second kappa shape index (κ2) is 5.83. The Bertz CT molecular complexity index is 592. The summed E-state index contributed by atoms with van der Waals surface area (Å²) in [5.41, 5.74) is -0.514. The molecular weight excluding hydrogens is 301 g/mol. The molecule has 0 amide bonds. The number of aromatic nitrogens is 1. The molecule has 20 heavy (non-hydrogen) atoms. The number of ether oxygens (including phenoxy) is 1. The van der Waals surface area contributed by atoms with Crippen molar-refractivity contribution in [1.82, 2.24) is 4.57 Å². The molecule has 0 saturated carbocycles. The lowest BCUT2D eigenvalue weighted by Crippen LogP contribution is -2.21. The van der Waals surface area contributed by atoms with Gasteiger partial charge >= 0.3 is 12.1 Å². The zero-order chi connectivity index (χ0) is 15.6. The zero-order valence-corrected chi connectivity index (χ0v) is 11.3. The summed E-state index contributed by atoms with van der Waals surface area (Å²) in [6.45, 7) is 0.206. The number of alkyl halides is 3. The second-order valence-corrected chi connectivity index (χ2v) is 5.55. The number of hydrogen-bond acceptors (Lipinski definition) is 4. The van der Waals surface area contributed by atoms with E-state index in [4.69, 9.17) is 9.88 Å². The van der Waals surface area contributed by atoms with Gasteiger partial charge in [0.25, 0.3) is 0 Å². The molecule has 0 aliphatic heterocycles. The summed E-state index contributed by atoms with van der Waals surface area (Å²) in [6, 6.07) is 0.763. The third-order valence-electron chi connectivity index (χ3n) is 2.20. The summed E-state index contributed by atoms with van der Waals surface area (Å²) in [7, 11) is -4.21. The van der Waals surface area contributed by atoms with Gasteiger partial charge in [-0.25, -0.2) is 18.4 Å². The first kappa shape index (κ1) is 16.5. The normalized spacial score (nSPS) is 12.4. The van der Waals surface area contributed by atoms with Crippen molar-refractivity contribution >= 4 is 16.0 Å². The van der Waals surface area contributed by atoms with Gasteiger partial charge in [0.2, 0.25) is 10.0 Å². The van der Waals surface area contributed by atoms with Gasteiger partial charge in [0.15, 0.2) is 0 Å². The molecule has 114 valence electrons. The van der Waals surface area contributed by atoms with E-state index in [2.05, 4.69) is 0 Å². The maximum Gasteiger partial charge on any atom is 0.406 e. The summed E-state index contributed by atoms with van der Waals surface area (Å²) < 4.78 is 64.6. The molecule has 0 atom stereocenters. The minimum atomic E-state index is -4.62. The van der Waals surface area contributed by atoms with E-state index >= 15 is 0 Å². The number of halogens is 3. The number of primary sulfonamides is 1. The fourth-order valence-corrected chi connectivity index (χ4v) is 1.95. The van der Waals surface area contributed by atoms with Crippen LogP contribution in [0.4, 0.5) is 13.2 Å². The number of esters is 1. The van der Waals surface area contributed by atoms with Crippen LogP contribution in [0, 0.1) is 0 Å². The molecule has 1 rings (SSSR count). The van der Waals surface area contributed by atoms with Crippen molar-refractivity contribution in [2.75, 3.05) is 6.61 Å². The molecule has 1 aromatic heterocycles. The fraction of sp³-hybridized carbons (Fsp3) is 0.500. The monoisotopic (exact) mass is 314 g/mol. The predicted octanol–water partition coefficient (Wildman–Crippen LogP) is 1.26. The Labute approximate surface area is 113 Å². The molecule has 6 nitrogen and oxygen atoms in total. The summed E-state index contributed by atoms with van der Waals surface area (Å²) in [6.07, 6.45) is -3.48. The van der Waals surface area contributed by atoms with E-state index < -0.39 is 39.3 Å². The lowest BCUT2D eigenvalue weighted by Gasteiger charge is -2.11. The number of carbonyl (C=O) groups is 1. The molecule has 0 saturated heterocycles. The molecule has 0 aliphatic carbocycles. The summed E-state index contributed by atoms with van der Waals surface area (Å²) in [5.74, 6) is -1.04. The Balaban J connectivity index is 3.19. The highest BCUT2D eigenvalue weighted by molar-refractivity contribution is 7.89. The minimum Gasteiger partial charge on any atom is -0.461 e. The first-order valence-corrected chi connectivity index (χ1v) is 7.06. The smallest absolute Gasteiger partial charge is 0.406 e. The first-order valence-electron chi connectivity index (χ1n) is 5.51. The summed E-state index contributed by atoms with van der Waals surface area (Å²) in [4.78, 5) is 11.0. The van der Waals surface area contributed by atoms with Crippen molar-refractivity contribution in [2.45, 2.75) is 31.0 Å². The quantitative estimate of drug-likeness (QED) is 0.828. The molecule has 0 radical (unpaired) electrons. The highest BCUT2D eigenvalue weighted by Gasteiger charge is 2.31. The van der Waals surface area contributed by atoms with Gasteiger partial charge in [0, 0.05) is 6.20 Å². The molecule has 10 heteroatoms. The van der Waals surface area contributed by atoms with E-state index in [1.165, 1.54) is 0 Å². The van der Waals surface area contributed by atoms with Crippen molar-refractivity contribution in [3.63, 3.8) is 0 Å². The Morgan fingerprint density at radius 1 is 1.45 bits per heavy atom. The Morgan fingerprint density at radius 3 is 2.50 bits per heavy atom. The molecule has 0 aliphatic rings. The number of sulfonamides is 1. The number of hydrogen-bond donors (Lipinski definition) is 1. The SMILES string of the molecule is CCCOC(=O)c1cc(S(N)(=O)=O)cn1CC(F)(F)F. The fourth-order valence-electron chi connectivity index (χ4n) is 1.40. The lowest BCUT2D eigenvalue weighted by atomic mass is 10.4. The highest BCUT2D eigenvalue weighted by atomic mass is 32.2. The molecule has 0 fully saturated rings. The van der Waals surface area contributed by atoms with Gasteiger partial charge < -0.3 is 9.30 Å². The van der Waals surface area contributed by atoms with Gasteiger partial charge in [-0.2, -0.15) is 13.2 Å². The van der Waals surface area contributed by atoms with Gasteiger partial charge in [-0.15, -0.1) is 0 Å². The lowest BCUT2D eigenvalue weighted by molar-refractivity contribution is -0.140. The van der Waals surface area contributed by atoms with Crippen LogP contribution >= 0.6 is 0 Å². The van der Waals surface area contributed by atoms with Gasteiger partial charge in [0.05, 0.1) is 6.61 Å². The van der Waals surface area contributed by atoms with Gasteiger partial charge in [0.1, 0.15) is 17.1 Å². The zero-order valence-electron chi connectivity index (χ0n) is 10.5. The van der Waals surface area contributed by atoms with E-state index in [1.54, 1.807) is 6.92 Å². The van der Waals surface area contributed by atoms with Crippen LogP contribution in [0.2, 0.25) is 0 Å². The number of nitrogens with two attached hydrogens (primary N) is 1. The molecule has 0 spiro atoms. The van der Waals surface area contributed by atoms with E-state index in [-0.39, 0.29) is 6.61 Å². The van der Waals surface area contributed by atoms with Crippen LogP contribution in [-0.4, -0.2) is 31.7 Å². The number of carbonyl (C=O) groups excluding carboxylic acids is 1. The third kappa shape index (κ3) is 4.53. The van der Waals surface area contributed by atoms with Crippen LogP contribution in [0.3, 0.4) is 0 Å². The highest BCUT2D eigenvalue weighted by Crippen LogP contribution is 2.22. The Hall–Kier alpha value is -1.55. The molecule has 0 bridgehead atoms. The maximum absolute atomic E-state index is 12.4. The maximum atomic E-state index is 12.4. The summed E-state index contributed by atoms with van der Waals surface area (Å²) >= 11 is 0. The molecule has 1 heterocycles. The van der Waals surface area contributed by atoms with E-state index in [0.717, 1.165) is 6.07 Å². The van der Waals surface area contributed by atoms with Gasteiger partial charge in [-0.3, -0.25) is 0 Å². The number of nitrogens with zero attached hydrogens (tertiary/aromatic N) is 1. The van der Waals surface area contributed by atoms with Gasteiger partial charge in [-0.1, -0.05) is 6.92 Å². The van der Waals surface area contributed by atoms with E-state index in [9.17, 15) is 26.4 Å². The van der Waals surface area contributed by atoms with Crippen LogP contribution in [0.1, 0.15) is 23.8 Å².